The van der Waals surface area contributed by atoms with E-state index in [-0.39, 0.29) is 5.78 Å². The molecule has 0 spiro atoms. The van der Waals surface area contributed by atoms with Crippen molar-refractivity contribution in [2.24, 2.45) is 0 Å². The van der Waals surface area contributed by atoms with Crippen molar-refractivity contribution in [3.63, 3.8) is 0 Å². The molecule has 1 N–H and O–H groups in total. The fraction of sp³-hybridized carbons (Fsp3) is 0.412. The Labute approximate surface area is 135 Å². The average molecular weight is 314 g/mol. The number of piperidine rings is 1. The molecular formula is C17H20N3OS+. The summed E-state index contributed by atoms with van der Waals surface area (Å²) < 4.78 is 0. The highest BCUT2D eigenvalue weighted by atomic mass is 32.2. The number of Topliss-reactive ketones (excluding diaryl/α,β-unsaturated/α-hetero) is 1. The molecule has 1 aromatic carbocycles. The molecule has 1 fully saturated rings. The number of hydrogen-bond acceptors (Lipinski definition) is 4. The van der Waals surface area contributed by atoms with E-state index < -0.39 is 0 Å². The molecule has 0 aromatic heterocycles. The third-order valence-corrected chi connectivity index (χ3v) is 5.55. The lowest BCUT2D eigenvalue weighted by molar-refractivity contribution is -0.896. The highest BCUT2D eigenvalue weighted by Crippen LogP contribution is 2.45. The first-order chi connectivity index (χ1) is 10.7. The number of nitriles is 1. The van der Waals surface area contributed by atoms with E-state index in [9.17, 15) is 10.1 Å². The number of quaternary nitrogens is 1. The van der Waals surface area contributed by atoms with Crippen molar-refractivity contribution >= 4 is 23.2 Å². The maximum Gasteiger partial charge on any atom is 0.230 e. The predicted octanol–water partition coefficient (Wildman–Crippen LogP) is 1.60. The van der Waals surface area contributed by atoms with Crippen LogP contribution in [0.3, 0.4) is 0 Å². The number of carbonyl (C=O) groups excluding carboxylic acids is 1. The van der Waals surface area contributed by atoms with Crippen molar-refractivity contribution in [3.8, 4) is 6.07 Å². The van der Waals surface area contributed by atoms with Gasteiger partial charge < -0.3 is 9.80 Å². The van der Waals surface area contributed by atoms with Gasteiger partial charge in [-0.15, -0.1) is 0 Å². The van der Waals surface area contributed by atoms with Gasteiger partial charge in [-0.25, -0.2) is 0 Å². The Morgan fingerprint density at radius 3 is 2.73 bits per heavy atom. The summed E-state index contributed by atoms with van der Waals surface area (Å²) in [5.41, 5.74) is 1.37. The van der Waals surface area contributed by atoms with Gasteiger partial charge in [0.05, 0.1) is 18.8 Å². The molecule has 1 aromatic rings. The zero-order valence-corrected chi connectivity index (χ0v) is 13.6. The van der Waals surface area contributed by atoms with E-state index in [2.05, 4.69) is 6.07 Å². The number of hydrogen-bond donors (Lipinski definition) is 1. The molecule has 0 atom stereocenters. The van der Waals surface area contributed by atoms with E-state index in [0.29, 0.717) is 12.1 Å². The normalized spacial score (nSPS) is 20.5. The highest BCUT2D eigenvalue weighted by Gasteiger charge is 2.29. The molecule has 5 heteroatoms. The molecule has 0 bridgehead atoms. The summed E-state index contributed by atoms with van der Waals surface area (Å²) in [6, 6.07) is 10.2. The first-order valence-corrected chi connectivity index (χ1v) is 8.54. The van der Waals surface area contributed by atoms with Gasteiger partial charge in [0.15, 0.2) is 0 Å². The third kappa shape index (κ3) is 2.90. The third-order valence-electron chi connectivity index (χ3n) is 4.31. The van der Waals surface area contributed by atoms with Crippen molar-refractivity contribution in [1.82, 2.24) is 0 Å². The zero-order chi connectivity index (χ0) is 15.5. The van der Waals surface area contributed by atoms with Crippen LogP contribution >= 0.6 is 11.8 Å². The molecule has 2 aliphatic heterocycles. The molecule has 114 valence electrons. The number of anilines is 1. The van der Waals surface area contributed by atoms with Crippen LogP contribution in [0.4, 0.5) is 5.69 Å². The first-order valence-electron chi connectivity index (χ1n) is 7.72. The summed E-state index contributed by atoms with van der Waals surface area (Å²) in [5, 5.41) is 10.3. The number of thioether (sulfide) groups is 1. The molecule has 0 amide bonds. The minimum Gasteiger partial charge on any atom is -0.337 e. The van der Waals surface area contributed by atoms with Crippen molar-refractivity contribution in [2.75, 3.05) is 31.6 Å². The van der Waals surface area contributed by atoms with Gasteiger partial charge in [-0.05, 0) is 31.4 Å². The molecule has 0 unspecified atom stereocenters. The van der Waals surface area contributed by atoms with Crippen LogP contribution < -0.4 is 9.80 Å². The number of para-hydroxylation sites is 1. The van der Waals surface area contributed by atoms with Crippen molar-refractivity contribution in [1.29, 1.82) is 5.26 Å². The number of rotatable bonds is 3. The molecule has 0 aliphatic carbocycles. The Morgan fingerprint density at radius 1 is 1.32 bits per heavy atom. The van der Waals surface area contributed by atoms with Crippen LogP contribution in [-0.4, -0.2) is 32.5 Å². The van der Waals surface area contributed by atoms with Gasteiger partial charge in [0.25, 0.3) is 0 Å². The van der Waals surface area contributed by atoms with Crippen LogP contribution in [-0.2, 0) is 4.79 Å². The molecule has 1 saturated heterocycles. The molecule has 4 nitrogen and oxygen atoms in total. The summed E-state index contributed by atoms with van der Waals surface area (Å²) in [4.78, 5) is 17.0. The second kappa shape index (κ2) is 6.55. The Morgan fingerprint density at radius 2 is 2.05 bits per heavy atom. The van der Waals surface area contributed by atoms with Crippen LogP contribution in [0.25, 0.3) is 0 Å². The van der Waals surface area contributed by atoms with Gasteiger partial charge in [0.2, 0.25) is 5.78 Å². The van der Waals surface area contributed by atoms with Gasteiger partial charge >= 0.3 is 0 Å². The Bertz CT molecular complexity index is 656. The molecule has 2 heterocycles. The minimum absolute atomic E-state index is 0.0263. The Balaban J connectivity index is 1.82. The number of carbonyl (C=O) groups is 1. The maximum absolute atomic E-state index is 12.6. The first kappa shape index (κ1) is 15.1. The largest absolute Gasteiger partial charge is 0.337 e. The zero-order valence-electron chi connectivity index (χ0n) is 12.8. The lowest BCUT2D eigenvalue weighted by atomic mass is 10.1. The number of nitrogens with one attached hydrogen (secondary N) is 1. The standard InChI is InChI=1S/C17H19N3OS/c1-19-14-7-3-4-8-16(14)22-17(19)13(11-18)15(21)12-20-9-5-2-6-10-20/h3-4,7-8H,2,5-6,9-10,12H2,1H3/p+1/b17-13-. The SMILES string of the molecule is CN1/C(=C(\C#N)C(=O)C[NH+]2CCCCC2)Sc2ccccc21. The topological polar surface area (TPSA) is 48.5 Å². The van der Waals surface area contributed by atoms with E-state index >= 15 is 0 Å². The Kier molecular flexibility index (Phi) is 4.51. The van der Waals surface area contributed by atoms with Gasteiger partial charge in [-0.2, -0.15) is 5.26 Å². The molecule has 0 saturated carbocycles. The van der Waals surface area contributed by atoms with Gasteiger partial charge in [-0.1, -0.05) is 23.9 Å². The van der Waals surface area contributed by atoms with E-state index in [1.165, 1.54) is 35.9 Å². The maximum atomic E-state index is 12.6. The number of fused-ring (bicyclic) bond motifs is 1. The second-order valence-electron chi connectivity index (χ2n) is 5.83. The molecule has 22 heavy (non-hydrogen) atoms. The lowest BCUT2D eigenvalue weighted by Crippen LogP contribution is -3.13. The number of ketones is 1. The number of likely N-dealkylation sites (tertiary alicyclic amines) is 1. The highest BCUT2D eigenvalue weighted by molar-refractivity contribution is 8.03. The number of nitrogens with zero attached hydrogens (tertiary/aromatic N) is 2. The molecular weight excluding hydrogens is 294 g/mol. The minimum atomic E-state index is -0.0263. The van der Waals surface area contributed by atoms with Gasteiger partial charge in [0.1, 0.15) is 23.2 Å². The summed E-state index contributed by atoms with van der Waals surface area (Å²) >= 11 is 1.52. The summed E-state index contributed by atoms with van der Waals surface area (Å²) in [6.07, 6.45) is 3.63. The fourth-order valence-electron chi connectivity index (χ4n) is 3.09. The summed E-state index contributed by atoms with van der Waals surface area (Å²) in [7, 11) is 1.92. The van der Waals surface area contributed by atoms with E-state index in [1.54, 1.807) is 0 Å². The van der Waals surface area contributed by atoms with Crippen molar-refractivity contribution in [2.45, 2.75) is 24.2 Å². The van der Waals surface area contributed by atoms with Crippen LogP contribution in [0.5, 0.6) is 0 Å². The second-order valence-corrected chi connectivity index (χ2v) is 6.86. The quantitative estimate of drug-likeness (QED) is 0.680. The average Bonchev–Trinajstić information content (AvgIpc) is 2.87. The monoisotopic (exact) mass is 314 g/mol. The summed E-state index contributed by atoms with van der Waals surface area (Å²) in [5.74, 6) is -0.0263. The summed E-state index contributed by atoms with van der Waals surface area (Å²) in [6.45, 7) is 2.53. The van der Waals surface area contributed by atoms with Crippen LogP contribution in [0.15, 0.2) is 39.8 Å². The van der Waals surface area contributed by atoms with Crippen molar-refractivity contribution < 1.29 is 9.69 Å². The smallest absolute Gasteiger partial charge is 0.230 e. The van der Waals surface area contributed by atoms with Crippen LogP contribution in [0.1, 0.15) is 19.3 Å². The molecule has 2 aliphatic rings. The molecule has 0 radical (unpaired) electrons. The fourth-order valence-corrected chi connectivity index (χ4v) is 4.26. The van der Waals surface area contributed by atoms with E-state index in [0.717, 1.165) is 28.7 Å². The van der Waals surface area contributed by atoms with Gasteiger partial charge in [0, 0.05) is 11.9 Å². The number of benzene rings is 1. The van der Waals surface area contributed by atoms with Crippen LogP contribution in [0, 0.1) is 11.3 Å². The lowest BCUT2D eigenvalue weighted by Gasteiger charge is -2.23. The predicted molar refractivity (Wildman–Crippen MR) is 87.8 cm³/mol. The Hall–Kier alpha value is -1.77. The van der Waals surface area contributed by atoms with Crippen LogP contribution in [0.2, 0.25) is 0 Å². The molecule has 3 rings (SSSR count). The van der Waals surface area contributed by atoms with E-state index in [4.69, 9.17) is 0 Å². The van der Waals surface area contributed by atoms with Crippen molar-refractivity contribution in [3.05, 3.63) is 34.9 Å². The van der Waals surface area contributed by atoms with Gasteiger partial charge in [-0.3, -0.25) is 4.79 Å². The van der Waals surface area contributed by atoms with E-state index in [1.807, 2.05) is 36.2 Å².